The number of carbonyl (C=O) groups is 2. The van der Waals surface area contributed by atoms with Crippen molar-refractivity contribution in [1.29, 1.82) is 5.26 Å². The van der Waals surface area contributed by atoms with Crippen molar-refractivity contribution in [2.75, 3.05) is 13.2 Å². The third-order valence-corrected chi connectivity index (χ3v) is 7.03. The molecule has 2 aromatic rings. The number of thiocarbonyl (C=S) groups is 1. The Morgan fingerprint density at radius 3 is 2.58 bits per heavy atom. The van der Waals surface area contributed by atoms with Gasteiger partial charge in [-0.1, -0.05) is 47.7 Å². The van der Waals surface area contributed by atoms with E-state index in [1.807, 2.05) is 19.9 Å². The molecular weight excluding hydrogens is 522 g/mol. The van der Waals surface area contributed by atoms with Gasteiger partial charge >= 0.3 is 0 Å². The summed E-state index contributed by atoms with van der Waals surface area (Å²) in [5, 5.41) is 21.0. The Hall–Kier alpha value is -2.97. The summed E-state index contributed by atoms with van der Waals surface area (Å²) in [6.45, 7) is 5.11. The number of nitrogens with zero attached hydrogens (tertiary/aromatic N) is 3. The maximum Gasteiger partial charge on any atom is 0.271 e. The minimum absolute atomic E-state index is 0.00140. The van der Waals surface area contributed by atoms with Gasteiger partial charge in [-0.2, -0.15) is 5.26 Å². The van der Waals surface area contributed by atoms with E-state index in [1.54, 1.807) is 30.3 Å². The number of carbonyl (C=O) groups excluding carboxylic acids is 2. The molecule has 1 aromatic heterocycles. The van der Waals surface area contributed by atoms with E-state index < -0.39 is 29.7 Å². The second-order valence-corrected chi connectivity index (χ2v) is 10.4. The highest BCUT2D eigenvalue weighted by Gasteiger charge is 2.35. The summed E-state index contributed by atoms with van der Waals surface area (Å²) in [4.78, 5) is 40.5. The maximum absolute atomic E-state index is 13.3. The lowest BCUT2D eigenvalue weighted by molar-refractivity contribution is -0.121. The van der Waals surface area contributed by atoms with E-state index in [0.29, 0.717) is 23.0 Å². The first-order valence-corrected chi connectivity index (χ1v) is 12.7. The minimum Gasteiger partial charge on any atom is -0.494 e. The van der Waals surface area contributed by atoms with Gasteiger partial charge in [-0.25, -0.2) is 0 Å². The van der Waals surface area contributed by atoms with Crippen LogP contribution in [0.4, 0.5) is 0 Å². The van der Waals surface area contributed by atoms with Crippen LogP contribution in [0.5, 0.6) is 5.88 Å². The van der Waals surface area contributed by atoms with Gasteiger partial charge < -0.3 is 9.84 Å². The Kier molecular flexibility index (Phi) is 9.08. The number of Topliss-reactive ketones (excluding diaryl/α,β-unsaturated/α-hetero) is 1. The molecule has 1 aliphatic heterocycles. The molecule has 3 rings (SSSR count). The molecular formula is C25H24ClN3O5S2. The molecule has 2 heterocycles. The van der Waals surface area contributed by atoms with Crippen molar-refractivity contribution in [2.24, 2.45) is 0 Å². The first-order chi connectivity index (χ1) is 17.0. The van der Waals surface area contributed by atoms with Crippen molar-refractivity contribution in [3.63, 3.8) is 0 Å². The van der Waals surface area contributed by atoms with Crippen LogP contribution in [-0.4, -0.2) is 49.8 Å². The molecule has 1 N–H and O–H groups in total. The van der Waals surface area contributed by atoms with Gasteiger partial charge in [0.1, 0.15) is 16.0 Å². The van der Waals surface area contributed by atoms with Crippen LogP contribution in [-0.2, 0) is 16.1 Å². The number of ketones is 1. The van der Waals surface area contributed by atoms with Gasteiger partial charge in [-0.3, -0.25) is 23.9 Å². The van der Waals surface area contributed by atoms with Crippen LogP contribution in [0.3, 0.4) is 0 Å². The Bertz CT molecular complexity index is 1340. The zero-order valence-electron chi connectivity index (χ0n) is 19.9. The van der Waals surface area contributed by atoms with Crippen molar-refractivity contribution >= 4 is 57.7 Å². The van der Waals surface area contributed by atoms with Gasteiger partial charge in [0, 0.05) is 18.2 Å². The molecule has 0 bridgehead atoms. The van der Waals surface area contributed by atoms with Gasteiger partial charge in [0.15, 0.2) is 5.78 Å². The fraction of sp³-hybridized carbons (Fsp3) is 0.320. The molecule has 0 radical (unpaired) electrons. The van der Waals surface area contributed by atoms with E-state index in [4.69, 9.17) is 28.6 Å². The molecule has 1 fully saturated rings. The summed E-state index contributed by atoms with van der Waals surface area (Å²) in [6, 6.07) is 8.72. The SMILES string of the molecule is Cc1c(C(=O)CN2C(=O)/C(=C/c3ccc(Cl)cc3)SC2=S)c(O)n(CCCOC(C)C)c(=O)c1C#N. The van der Waals surface area contributed by atoms with E-state index in [1.165, 1.54) is 6.92 Å². The first-order valence-electron chi connectivity index (χ1n) is 11.1. The van der Waals surface area contributed by atoms with Crippen LogP contribution in [0.1, 0.15) is 47.3 Å². The number of halogens is 1. The Morgan fingerprint density at radius 1 is 1.31 bits per heavy atom. The molecule has 1 amide bonds. The number of amides is 1. The van der Waals surface area contributed by atoms with Crippen LogP contribution in [0.15, 0.2) is 34.0 Å². The summed E-state index contributed by atoms with van der Waals surface area (Å²) < 4.78 is 6.65. The quantitative estimate of drug-likeness (QED) is 0.215. The zero-order valence-corrected chi connectivity index (χ0v) is 22.3. The van der Waals surface area contributed by atoms with Gasteiger partial charge in [0.2, 0.25) is 5.88 Å². The number of hydrogen-bond acceptors (Lipinski definition) is 8. The van der Waals surface area contributed by atoms with E-state index in [-0.39, 0.29) is 33.7 Å². The number of rotatable bonds is 9. The predicted octanol–water partition coefficient (Wildman–Crippen LogP) is 4.29. The topological polar surface area (TPSA) is 113 Å². The number of hydrogen-bond donors (Lipinski definition) is 1. The van der Waals surface area contributed by atoms with Crippen molar-refractivity contribution in [3.8, 4) is 11.9 Å². The first kappa shape index (κ1) is 27.6. The number of nitriles is 1. The van der Waals surface area contributed by atoms with Crippen molar-refractivity contribution in [2.45, 2.75) is 39.8 Å². The molecule has 0 spiro atoms. The van der Waals surface area contributed by atoms with Gasteiger partial charge in [-0.15, -0.1) is 0 Å². The Labute approximate surface area is 223 Å². The highest BCUT2D eigenvalue weighted by molar-refractivity contribution is 8.26. The highest BCUT2D eigenvalue weighted by atomic mass is 35.5. The van der Waals surface area contributed by atoms with Crippen molar-refractivity contribution < 1.29 is 19.4 Å². The van der Waals surface area contributed by atoms with E-state index in [0.717, 1.165) is 26.8 Å². The lowest BCUT2D eigenvalue weighted by atomic mass is 10.0. The maximum atomic E-state index is 13.3. The lowest BCUT2D eigenvalue weighted by Crippen LogP contribution is -2.35. The molecule has 1 aliphatic rings. The normalized spacial score (nSPS) is 14.7. The molecule has 11 heteroatoms. The molecule has 8 nitrogen and oxygen atoms in total. The second kappa shape index (κ2) is 11.8. The molecule has 1 saturated heterocycles. The molecule has 188 valence electrons. The van der Waals surface area contributed by atoms with Crippen LogP contribution < -0.4 is 5.56 Å². The molecule has 0 aliphatic carbocycles. The van der Waals surface area contributed by atoms with Crippen LogP contribution in [0.2, 0.25) is 5.02 Å². The lowest BCUT2D eigenvalue weighted by Gasteiger charge is -2.18. The summed E-state index contributed by atoms with van der Waals surface area (Å²) >= 11 is 12.3. The number of thioether (sulfide) groups is 1. The molecule has 0 atom stereocenters. The Balaban J connectivity index is 1.88. The van der Waals surface area contributed by atoms with Crippen LogP contribution >= 0.6 is 35.6 Å². The standard InChI is InChI=1S/C25H24ClN3O5S2/c1-14(2)34-10-4-9-28-22(31)18(12-27)15(3)21(24(28)33)19(30)13-29-23(32)20(36-25(29)35)11-16-5-7-17(26)8-6-16/h5-8,11,14,33H,4,9-10,13H2,1-3H3/b20-11-. The van der Waals surface area contributed by atoms with Gasteiger partial charge in [0.05, 0.1) is 23.1 Å². The third kappa shape index (κ3) is 6.05. The van der Waals surface area contributed by atoms with Crippen LogP contribution in [0, 0.1) is 18.3 Å². The summed E-state index contributed by atoms with van der Waals surface area (Å²) in [5.41, 5.74) is -0.320. The minimum atomic E-state index is -0.690. The second-order valence-electron chi connectivity index (χ2n) is 8.28. The average molecular weight is 546 g/mol. The molecule has 1 aromatic carbocycles. The number of pyridine rings is 1. The fourth-order valence-corrected chi connectivity index (χ4v) is 4.98. The van der Waals surface area contributed by atoms with Gasteiger partial charge in [0.25, 0.3) is 11.5 Å². The zero-order chi connectivity index (χ0) is 26.6. The number of benzene rings is 1. The largest absolute Gasteiger partial charge is 0.494 e. The Morgan fingerprint density at radius 2 is 1.97 bits per heavy atom. The number of ether oxygens (including phenoxy) is 1. The van der Waals surface area contributed by atoms with Crippen molar-refractivity contribution in [3.05, 3.63) is 66.8 Å². The molecule has 0 unspecified atom stereocenters. The van der Waals surface area contributed by atoms with Gasteiger partial charge in [-0.05, 0) is 56.5 Å². The van der Waals surface area contributed by atoms with E-state index in [2.05, 4.69) is 0 Å². The van der Waals surface area contributed by atoms with E-state index in [9.17, 15) is 24.8 Å². The smallest absolute Gasteiger partial charge is 0.271 e. The highest BCUT2D eigenvalue weighted by Crippen LogP contribution is 2.33. The monoisotopic (exact) mass is 545 g/mol. The van der Waals surface area contributed by atoms with Crippen LogP contribution in [0.25, 0.3) is 6.08 Å². The summed E-state index contributed by atoms with van der Waals surface area (Å²) in [5.74, 6) is -1.64. The molecule has 0 saturated carbocycles. The summed E-state index contributed by atoms with van der Waals surface area (Å²) in [7, 11) is 0. The van der Waals surface area contributed by atoms with Crippen molar-refractivity contribution in [1.82, 2.24) is 9.47 Å². The fourth-order valence-electron chi connectivity index (χ4n) is 3.60. The number of aromatic hydroxyl groups is 1. The summed E-state index contributed by atoms with van der Waals surface area (Å²) in [6.07, 6.45) is 2.03. The van der Waals surface area contributed by atoms with E-state index >= 15 is 0 Å². The number of aromatic nitrogens is 1. The average Bonchev–Trinajstić information content (AvgIpc) is 3.07. The predicted molar refractivity (Wildman–Crippen MR) is 143 cm³/mol. The molecule has 36 heavy (non-hydrogen) atoms. The third-order valence-electron chi connectivity index (χ3n) is 5.40.